The van der Waals surface area contributed by atoms with E-state index in [-0.39, 0.29) is 12.5 Å². The highest BCUT2D eigenvalue weighted by molar-refractivity contribution is 5.78. The number of hydrogen-bond donors (Lipinski definition) is 1. The van der Waals surface area contributed by atoms with Gasteiger partial charge < -0.3 is 15.4 Å². The molecular formula is C11H20N2O2. The molecule has 86 valence electrons. The molecule has 1 heterocycles. The molecule has 1 saturated heterocycles. The molecule has 0 aromatic rings. The Kier molecular flexibility index (Phi) is 3.59. The van der Waals surface area contributed by atoms with Gasteiger partial charge in [-0.2, -0.15) is 0 Å². The third-order valence-corrected chi connectivity index (χ3v) is 3.57. The summed E-state index contributed by atoms with van der Waals surface area (Å²) in [6.07, 6.45) is 4.82. The van der Waals surface area contributed by atoms with Crippen LogP contribution >= 0.6 is 0 Å². The topological polar surface area (TPSA) is 55.6 Å². The van der Waals surface area contributed by atoms with Gasteiger partial charge in [0.2, 0.25) is 5.91 Å². The zero-order valence-corrected chi connectivity index (χ0v) is 9.15. The predicted molar refractivity (Wildman–Crippen MR) is 57.3 cm³/mol. The molecule has 4 nitrogen and oxygen atoms in total. The average Bonchev–Trinajstić information content (AvgIpc) is 2.50. The molecule has 2 N–H and O–H groups in total. The first kappa shape index (κ1) is 10.9. The Labute approximate surface area is 90.8 Å². The maximum absolute atomic E-state index is 11.7. The first-order valence-electron chi connectivity index (χ1n) is 5.90. The van der Waals surface area contributed by atoms with Crippen LogP contribution < -0.4 is 5.73 Å². The van der Waals surface area contributed by atoms with Gasteiger partial charge >= 0.3 is 0 Å². The Balaban J connectivity index is 2.09. The molecule has 2 rings (SSSR count). The molecule has 2 fully saturated rings. The lowest BCUT2D eigenvalue weighted by atomic mass is 9.84. The second-order valence-electron chi connectivity index (χ2n) is 4.48. The highest BCUT2D eigenvalue weighted by Gasteiger charge is 2.34. The van der Waals surface area contributed by atoms with Crippen molar-refractivity contribution in [3.05, 3.63) is 0 Å². The molecule has 0 aromatic heterocycles. The minimum atomic E-state index is 0.0809. The summed E-state index contributed by atoms with van der Waals surface area (Å²) < 4.78 is 5.55. The summed E-state index contributed by atoms with van der Waals surface area (Å²) in [7, 11) is 0. The van der Waals surface area contributed by atoms with Gasteiger partial charge in [-0.15, -0.1) is 0 Å². The van der Waals surface area contributed by atoms with E-state index in [1.54, 1.807) is 0 Å². The highest BCUT2D eigenvalue weighted by Crippen LogP contribution is 2.30. The molecule has 2 atom stereocenters. The zero-order valence-electron chi connectivity index (χ0n) is 9.15. The van der Waals surface area contributed by atoms with Gasteiger partial charge in [0, 0.05) is 18.5 Å². The number of fused-ring (bicyclic) bond motifs is 1. The fraction of sp³-hybridized carbons (Fsp3) is 0.909. The number of rotatable bonds is 1. The van der Waals surface area contributed by atoms with Crippen molar-refractivity contribution in [3.63, 3.8) is 0 Å². The van der Waals surface area contributed by atoms with Crippen LogP contribution in [0.4, 0.5) is 0 Å². The predicted octanol–water partition coefficient (Wildman–Crippen LogP) is 0.363. The van der Waals surface area contributed by atoms with Gasteiger partial charge in [-0.1, -0.05) is 12.8 Å². The Bertz CT molecular complexity index is 233. The minimum absolute atomic E-state index is 0.0809. The largest absolute Gasteiger partial charge is 0.379 e. The third-order valence-electron chi connectivity index (χ3n) is 3.57. The summed E-state index contributed by atoms with van der Waals surface area (Å²) in [6, 6.07) is 0.386. The lowest BCUT2D eigenvalue weighted by Crippen LogP contribution is -2.48. The Morgan fingerprint density at radius 2 is 2.20 bits per heavy atom. The van der Waals surface area contributed by atoms with Crippen LogP contribution in [-0.2, 0) is 9.53 Å². The van der Waals surface area contributed by atoms with Gasteiger partial charge in [0.15, 0.2) is 0 Å². The van der Waals surface area contributed by atoms with Crippen LogP contribution in [0.5, 0.6) is 0 Å². The van der Waals surface area contributed by atoms with Crippen molar-refractivity contribution in [3.8, 4) is 0 Å². The fourth-order valence-electron chi connectivity index (χ4n) is 2.78. The number of hydrogen-bond acceptors (Lipinski definition) is 3. The molecule has 4 heteroatoms. The fourth-order valence-corrected chi connectivity index (χ4v) is 2.78. The molecule has 0 aromatic carbocycles. The van der Waals surface area contributed by atoms with Crippen LogP contribution in [0.25, 0.3) is 0 Å². The van der Waals surface area contributed by atoms with Crippen molar-refractivity contribution >= 4 is 5.91 Å². The van der Waals surface area contributed by atoms with Crippen LogP contribution in [0.15, 0.2) is 0 Å². The maximum Gasteiger partial charge on any atom is 0.236 e. The molecule has 1 saturated carbocycles. The van der Waals surface area contributed by atoms with Crippen molar-refractivity contribution in [2.75, 3.05) is 26.3 Å². The standard InChI is InChI=1S/C11H20N2O2/c12-7-11(14)13-5-6-15-8-9-3-1-2-4-10(9)13/h9-10H,1-8,12H2/t9-,10-/m1/s1. The van der Waals surface area contributed by atoms with Crippen LogP contribution in [0.2, 0.25) is 0 Å². The van der Waals surface area contributed by atoms with E-state index in [2.05, 4.69) is 0 Å². The summed E-state index contributed by atoms with van der Waals surface area (Å²) in [5.74, 6) is 0.620. The van der Waals surface area contributed by atoms with E-state index < -0.39 is 0 Å². The SMILES string of the molecule is NCC(=O)N1CCOC[C@H]2CCCC[C@H]21. The molecule has 1 amide bonds. The van der Waals surface area contributed by atoms with E-state index in [0.717, 1.165) is 19.6 Å². The molecule has 0 spiro atoms. The number of nitrogens with two attached hydrogens (primary N) is 1. The molecule has 2 aliphatic rings. The van der Waals surface area contributed by atoms with Crippen molar-refractivity contribution < 1.29 is 9.53 Å². The zero-order chi connectivity index (χ0) is 10.7. The number of nitrogens with zero attached hydrogens (tertiary/aromatic N) is 1. The first-order chi connectivity index (χ1) is 7.33. The summed E-state index contributed by atoms with van der Waals surface area (Å²) in [5.41, 5.74) is 5.44. The van der Waals surface area contributed by atoms with Crippen molar-refractivity contribution in [1.29, 1.82) is 0 Å². The normalized spacial score (nSPS) is 31.9. The number of amides is 1. The number of carbonyl (C=O) groups is 1. The Morgan fingerprint density at radius 1 is 1.40 bits per heavy atom. The molecule has 0 radical (unpaired) electrons. The summed E-state index contributed by atoms with van der Waals surface area (Å²) in [6.45, 7) is 2.33. The lowest BCUT2D eigenvalue weighted by molar-refractivity contribution is -0.133. The summed E-state index contributed by atoms with van der Waals surface area (Å²) in [4.78, 5) is 13.7. The lowest BCUT2D eigenvalue weighted by Gasteiger charge is -2.37. The van der Waals surface area contributed by atoms with Crippen molar-refractivity contribution in [1.82, 2.24) is 4.90 Å². The Hall–Kier alpha value is -0.610. The van der Waals surface area contributed by atoms with E-state index >= 15 is 0 Å². The van der Waals surface area contributed by atoms with Gasteiger partial charge in [0.05, 0.1) is 19.8 Å². The maximum atomic E-state index is 11.7. The third kappa shape index (κ3) is 2.32. The second-order valence-corrected chi connectivity index (χ2v) is 4.48. The highest BCUT2D eigenvalue weighted by atomic mass is 16.5. The minimum Gasteiger partial charge on any atom is -0.379 e. The molecule has 1 aliphatic heterocycles. The molecular weight excluding hydrogens is 192 g/mol. The van der Waals surface area contributed by atoms with E-state index in [0.29, 0.717) is 18.6 Å². The van der Waals surface area contributed by atoms with Gasteiger partial charge in [-0.25, -0.2) is 0 Å². The van der Waals surface area contributed by atoms with E-state index in [4.69, 9.17) is 10.5 Å². The monoisotopic (exact) mass is 212 g/mol. The molecule has 0 unspecified atom stereocenters. The summed E-state index contributed by atoms with van der Waals surface area (Å²) >= 11 is 0. The van der Waals surface area contributed by atoms with E-state index in [9.17, 15) is 4.79 Å². The van der Waals surface area contributed by atoms with Crippen LogP contribution in [0, 0.1) is 5.92 Å². The van der Waals surface area contributed by atoms with Crippen LogP contribution in [-0.4, -0.2) is 43.2 Å². The number of carbonyl (C=O) groups excluding carboxylic acids is 1. The summed E-state index contributed by atoms with van der Waals surface area (Å²) in [5, 5.41) is 0. The van der Waals surface area contributed by atoms with Crippen LogP contribution in [0.3, 0.4) is 0 Å². The van der Waals surface area contributed by atoms with E-state index in [1.165, 1.54) is 19.3 Å². The van der Waals surface area contributed by atoms with Gasteiger partial charge in [-0.3, -0.25) is 4.79 Å². The average molecular weight is 212 g/mol. The van der Waals surface area contributed by atoms with Crippen molar-refractivity contribution in [2.45, 2.75) is 31.7 Å². The van der Waals surface area contributed by atoms with Gasteiger partial charge in [0.25, 0.3) is 0 Å². The van der Waals surface area contributed by atoms with Gasteiger partial charge in [-0.05, 0) is 12.8 Å². The van der Waals surface area contributed by atoms with Crippen molar-refractivity contribution in [2.24, 2.45) is 11.7 Å². The second kappa shape index (κ2) is 4.94. The molecule has 15 heavy (non-hydrogen) atoms. The quantitative estimate of drug-likeness (QED) is 0.683. The smallest absolute Gasteiger partial charge is 0.236 e. The Morgan fingerprint density at radius 3 is 3.00 bits per heavy atom. The van der Waals surface area contributed by atoms with E-state index in [1.807, 2.05) is 4.90 Å². The number of ether oxygens (including phenoxy) is 1. The molecule has 0 bridgehead atoms. The van der Waals surface area contributed by atoms with Gasteiger partial charge in [0.1, 0.15) is 0 Å². The van der Waals surface area contributed by atoms with Crippen LogP contribution in [0.1, 0.15) is 25.7 Å². The molecule has 1 aliphatic carbocycles. The first-order valence-corrected chi connectivity index (χ1v) is 5.90.